The van der Waals surface area contributed by atoms with E-state index < -0.39 is 9.84 Å². The molecule has 8 heteroatoms. The molecule has 0 aliphatic heterocycles. The first-order valence-corrected chi connectivity index (χ1v) is 10.6. The van der Waals surface area contributed by atoms with Gasteiger partial charge >= 0.3 is 0 Å². The Morgan fingerprint density at radius 2 is 1.54 bits per heavy atom. The zero-order valence-electron chi connectivity index (χ0n) is 14.5. The molecule has 1 heterocycles. The van der Waals surface area contributed by atoms with E-state index in [-0.39, 0.29) is 15.7 Å². The number of fused-ring (bicyclic) bond motifs is 1. The lowest BCUT2D eigenvalue weighted by Crippen LogP contribution is -2.10. The van der Waals surface area contributed by atoms with Gasteiger partial charge in [0.1, 0.15) is 0 Å². The van der Waals surface area contributed by atoms with Crippen molar-refractivity contribution in [3.8, 4) is 0 Å². The number of nitrogens with two attached hydrogens (primary N) is 1. The van der Waals surface area contributed by atoms with E-state index in [1.807, 2.05) is 6.07 Å². The Hall–Kier alpha value is -2.97. The Kier molecular flexibility index (Phi) is 4.74. The molecule has 0 saturated carbocycles. The van der Waals surface area contributed by atoms with E-state index in [9.17, 15) is 8.42 Å². The summed E-state index contributed by atoms with van der Waals surface area (Å²) >= 11 is 3.32. The summed E-state index contributed by atoms with van der Waals surface area (Å²) in [6.45, 7) is 0. The number of para-hydroxylation sites is 2. The quantitative estimate of drug-likeness (QED) is 0.438. The van der Waals surface area contributed by atoms with Gasteiger partial charge in [-0.3, -0.25) is 0 Å². The molecular weight excluding hydrogens is 440 g/mol. The molecule has 0 spiro atoms. The van der Waals surface area contributed by atoms with E-state index >= 15 is 0 Å². The second-order valence-electron chi connectivity index (χ2n) is 6.07. The van der Waals surface area contributed by atoms with Crippen LogP contribution in [0.1, 0.15) is 0 Å². The molecule has 0 amide bonds. The average Bonchev–Trinajstić information content (AvgIpc) is 2.68. The fraction of sp³-hybridized carbons (Fsp3) is 0. The Morgan fingerprint density at radius 1 is 0.857 bits per heavy atom. The Labute approximate surface area is 170 Å². The van der Waals surface area contributed by atoms with E-state index in [2.05, 4.69) is 31.2 Å². The van der Waals surface area contributed by atoms with Crippen LogP contribution in [0.15, 0.2) is 87.2 Å². The van der Waals surface area contributed by atoms with Crippen molar-refractivity contribution >= 4 is 54.0 Å². The van der Waals surface area contributed by atoms with Crippen molar-refractivity contribution in [3.63, 3.8) is 0 Å². The number of benzene rings is 3. The molecule has 0 bridgehead atoms. The number of aromatic nitrogens is 2. The highest BCUT2D eigenvalue weighted by atomic mass is 79.9. The molecular formula is C20H15BrN4O2S. The maximum absolute atomic E-state index is 13.3. The van der Waals surface area contributed by atoms with E-state index in [0.29, 0.717) is 22.4 Å². The molecule has 3 aromatic carbocycles. The number of nitrogens with one attached hydrogen (secondary N) is 1. The molecule has 6 nitrogen and oxygen atoms in total. The number of hydrogen-bond acceptors (Lipinski definition) is 6. The minimum atomic E-state index is -3.90. The van der Waals surface area contributed by atoms with Gasteiger partial charge in [-0.15, -0.1) is 0 Å². The van der Waals surface area contributed by atoms with Crippen LogP contribution in [0.3, 0.4) is 0 Å². The second kappa shape index (κ2) is 7.21. The summed E-state index contributed by atoms with van der Waals surface area (Å²) in [6, 6.07) is 20.5. The second-order valence-corrected chi connectivity index (χ2v) is 8.85. The van der Waals surface area contributed by atoms with E-state index in [4.69, 9.17) is 5.73 Å². The van der Waals surface area contributed by atoms with Crippen LogP contribution < -0.4 is 11.1 Å². The molecule has 0 aliphatic carbocycles. The van der Waals surface area contributed by atoms with Crippen molar-refractivity contribution in [2.75, 3.05) is 11.1 Å². The summed E-state index contributed by atoms with van der Waals surface area (Å²) in [6.07, 6.45) is 0. The number of hydrogen-bond donors (Lipinski definition) is 2. The van der Waals surface area contributed by atoms with E-state index in [1.165, 1.54) is 12.1 Å². The molecule has 0 saturated heterocycles. The summed E-state index contributed by atoms with van der Waals surface area (Å²) in [4.78, 5) is 9.05. The van der Waals surface area contributed by atoms with Crippen molar-refractivity contribution in [3.05, 3.63) is 77.3 Å². The van der Waals surface area contributed by atoms with Crippen molar-refractivity contribution in [1.82, 2.24) is 9.97 Å². The first-order chi connectivity index (χ1) is 13.4. The summed E-state index contributed by atoms with van der Waals surface area (Å²) in [7, 11) is -3.90. The molecule has 4 aromatic rings. The summed E-state index contributed by atoms with van der Waals surface area (Å²) in [5.74, 6) is 0.146. The normalized spacial score (nSPS) is 11.5. The standard InChI is InChI=1S/C20H15BrN4O2S/c21-13-8-10-16(11-9-13)28(26,27)20-19(23-15-5-3-4-14(22)12-15)24-17-6-1-2-7-18(17)25-20/h1-12H,22H2,(H,23,24). The fourth-order valence-corrected chi connectivity index (χ4v) is 4.28. The van der Waals surface area contributed by atoms with Gasteiger partial charge in [0, 0.05) is 15.8 Å². The number of nitrogens with zero attached hydrogens (tertiary/aromatic N) is 2. The predicted molar refractivity (Wildman–Crippen MR) is 113 cm³/mol. The molecule has 28 heavy (non-hydrogen) atoms. The van der Waals surface area contributed by atoms with E-state index in [1.54, 1.807) is 54.6 Å². The minimum absolute atomic E-state index is 0.135. The van der Waals surface area contributed by atoms with Crippen LogP contribution in [-0.2, 0) is 9.84 Å². The minimum Gasteiger partial charge on any atom is -0.399 e. The van der Waals surface area contributed by atoms with Crippen LogP contribution in [0.5, 0.6) is 0 Å². The highest BCUT2D eigenvalue weighted by Crippen LogP contribution is 2.30. The van der Waals surface area contributed by atoms with Crippen molar-refractivity contribution in [2.24, 2.45) is 0 Å². The summed E-state index contributed by atoms with van der Waals surface area (Å²) < 4.78 is 27.4. The lowest BCUT2D eigenvalue weighted by Gasteiger charge is -2.13. The molecule has 0 unspecified atom stereocenters. The zero-order chi connectivity index (χ0) is 19.7. The smallest absolute Gasteiger partial charge is 0.227 e. The number of rotatable bonds is 4. The third kappa shape index (κ3) is 3.56. The molecule has 4 rings (SSSR count). The molecule has 0 aliphatic rings. The third-order valence-corrected chi connectivity index (χ3v) is 6.28. The Bertz CT molecular complexity index is 1280. The molecule has 0 radical (unpaired) electrons. The predicted octanol–water partition coefficient (Wildman–Crippen LogP) is 4.55. The monoisotopic (exact) mass is 454 g/mol. The average molecular weight is 455 g/mol. The Balaban J connectivity index is 1.91. The molecule has 0 atom stereocenters. The SMILES string of the molecule is Nc1cccc(Nc2nc3ccccc3nc2S(=O)(=O)c2ccc(Br)cc2)c1. The van der Waals surface area contributed by atoms with Gasteiger partial charge in [-0.05, 0) is 54.6 Å². The van der Waals surface area contributed by atoms with Crippen molar-refractivity contribution in [1.29, 1.82) is 0 Å². The van der Waals surface area contributed by atoms with Gasteiger partial charge in [0.2, 0.25) is 14.9 Å². The van der Waals surface area contributed by atoms with Gasteiger partial charge < -0.3 is 11.1 Å². The van der Waals surface area contributed by atoms with Gasteiger partial charge in [-0.25, -0.2) is 18.4 Å². The lowest BCUT2D eigenvalue weighted by atomic mass is 10.3. The highest BCUT2D eigenvalue weighted by molar-refractivity contribution is 9.10. The fourth-order valence-electron chi connectivity index (χ4n) is 2.73. The van der Waals surface area contributed by atoms with Crippen LogP contribution in [0, 0.1) is 0 Å². The van der Waals surface area contributed by atoms with Crippen LogP contribution in [0.2, 0.25) is 0 Å². The van der Waals surface area contributed by atoms with Crippen LogP contribution >= 0.6 is 15.9 Å². The van der Waals surface area contributed by atoms with Crippen LogP contribution in [0.4, 0.5) is 17.2 Å². The molecule has 0 fully saturated rings. The van der Waals surface area contributed by atoms with Gasteiger partial charge in [0.15, 0.2) is 5.82 Å². The van der Waals surface area contributed by atoms with Gasteiger partial charge in [0.05, 0.1) is 15.9 Å². The number of halogens is 1. The largest absolute Gasteiger partial charge is 0.399 e. The van der Waals surface area contributed by atoms with Gasteiger partial charge in [-0.1, -0.05) is 34.1 Å². The van der Waals surface area contributed by atoms with Gasteiger partial charge in [-0.2, -0.15) is 0 Å². The molecule has 140 valence electrons. The third-order valence-electron chi connectivity index (χ3n) is 4.07. The topological polar surface area (TPSA) is 98.0 Å². The van der Waals surface area contributed by atoms with Crippen LogP contribution in [0.25, 0.3) is 11.0 Å². The number of nitrogen functional groups attached to an aromatic ring is 1. The number of sulfone groups is 1. The van der Waals surface area contributed by atoms with Gasteiger partial charge in [0.25, 0.3) is 0 Å². The van der Waals surface area contributed by atoms with Crippen molar-refractivity contribution < 1.29 is 8.42 Å². The summed E-state index contributed by atoms with van der Waals surface area (Å²) in [5, 5.41) is 2.91. The first-order valence-electron chi connectivity index (χ1n) is 8.33. The highest BCUT2D eigenvalue weighted by Gasteiger charge is 2.25. The number of anilines is 3. The zero-order valence-corrected chi connectivity index (χ0v) is 16.9. The first kappa shape index (κ1) is 18.4. The van der Waals surface area contributed by atoms with E-state index in [0.717, 1.165) is 4.47 Å². The van der Waals surface area contributed by atoms with Crippen LogP contribution in [-0.4, -0.2) is 18.4 Å². The summed E-state index contributed by atoms with van der Waals surface area (Å²) in [5.41, 5.74) is 8.09. The maximum Gasteiger partial charge on any atom is 0.227 e. The maximum atomic E-state index is 13.3. The van der Waals surface area contributed by atoms with Crippen molar-refractivity contribution in [2.45, 2.75) is 9.92 Å². The lowest BCUT2D eigenvalue weighted by molar-refractivity contribution is 0.593. The molecule has 3 N–H and O–H groups in total. The molecule has 1 aromatic heterocycles. The Morgan fingerprint density at radius 3 is 2.21 bits per heavy atom.